The first-order valence-corrected chi connectivity index (χ1v) is 5.97. The highest BCUT2D eigenvalue weighted by atomic mass is 16.4. The average molecular weight is 251 g/mol. The molecule has 0 bridgehead atoms. The molecule has 6 heteroatoms. The highest BCUT2D eigenvalue weighted by molar-refractivity contribution is 5.95. The van der Waals surface area contributed by atoms with E-state index >= 15 is 0 Å². The van der Waals surface area contributed by atoms with E-state index in [1.807, 2.05) is 0 Å². The van der Waals surface area contributed by atoms with Gasteiger partial charge in [-0.25, -0.2) is 0 Å². The van der Waals surface area contributed by atoms with Crippen molar-refractivity contribution < 1.29 is 14.7 Å². The van der Waals surface area contributed by atoms with Crippen LogP contribution in [0.3, 0.4) is 0 Å². The summed E-state index contributed by atoms with van der Waals surface area (Å²) >= 11 is 0. The van der Waals surface area contributed by atoms with Crippen LogP contribution in [0.2, 0.25) is 0 Å². The summed E-state index contributed by atoms with van der Waals surface area (Å²) in [6, 6.07) is 0. The molecule has 6 nitrogen and oxygen atoms in total. The lowest BCUT2D eigenvalue weighted by Crippen LogP contribution is -2.45. The second kappa shape index (κ2) is 4.44. The van der Waals surface area contributed by atoms with Crippen molar-refractivity contribution in [3.63, 3.8) is 0 Å². The first-order valence-electron chi connectivity index (χ1n) is 5.97. The molecule has 98 valence electrons. The van der Waals surface area contributed by atoms with Gasteiger partial charge in [0.1, 0.15) is 0 Å². The summed E-state index contributed by atoms with van der Waals surface area (Å²) in [5.41, 5.74) is 0.600. The molecule has 0 unspecified atom stereocenters. The van der Waals surface area contributed by atoms with Crippen molar-refractivity contribution in [2.75, 3.05) is 13.1 Å². The molecule has 1 aliphatic heterocycles. The van der Waals surface area contributed by atoms with Crippen LogP contribution in [0.15, 0.2) is 6.20 Å². The van der Waals surface area contributed by atoms with Gasteiger partial charge in [0.15, 0.2) is 0 Å². The van der Waals surface area contributed by atoms with Crippen molar-refractivity contribution in [1.29, 1.82) is 0 Å². The molecule has 0 spiro atoms. The number of carboxylic acid groups (broad SMARTS) is 1. The summed E-state index contributed by atoms with van der Waals surface area (Å²) in [7, 11) is 0. The van der Waals surface area contributed by atoms with Gasteiger partial charge in [0.25, 0.3) is 5.91 Å². The van der Waals surface area contributed by atoms with Gasteiger partial charge < -0.3 is 10.0 Å². The van der Waals surface area contributed by atoms with Crippen molar-refractivity contribution in [3.05, 3.63) is 17.5 Å². The molecule has 2 N–H and O–H groups in total. The number of aliphatic carboxylic acids is 1. The molecule has 0 saturated carbocycles. The Kier molecular flexibility index (Phi) is 3.11. The zero-order valence-corrected chi connectivity index (χ0v) is 10.6. The van der Waals surface area contributed by atoms with Crippen LogP contribution in [0.1, 0.15) is 35.8 Å². The Hall–Kier alpha value is -1.85. The summed E-state index contributed by atoms with van der Waals surface area (Å²) < 4.78 is 0. The van der Waals surface area contributed by atoms with E-state index in [2.05, 4.69) is 10.2 Å². The number of aromatic amines is 1. The van der Waals surface area contributed by atoms with Crippen LogP contribution in [0.5, 0.6) is 0 Å². The summed E-state index contributed by atoms with van der Waals surface area (Å²) in [6.45, 7) is 4.49. The fraction of sp³-hybridized carbons (Fsp3) is 0.583. The topological polar surface area (TPSA) is 86.3 Å². The maximum atomic E-state index is 12.2. The number of aromatic nitrogens is 2. The standard InChI is InChI=1S/C12H17N3O3/c1-8-9(7-13-14-8)10(16)15-5-3-12(2,4-6-15)11(17)18/h7H,3-6H2,1-2H3,(H,13,14)(H,17,18). The fourth-order valence-corrected chi connectivity index (χ4v) is 2.15. The molecule has 1 amide bonds. The number of H-pyrrole nitrogens is 1. The minimum Gasteiger partial charge on any atom is -0.481 e. The maximum Gasteiger partial charge on any atom is 0.309 e. The second-order valence-electron chi connectivity index (χ2n) is 5.07. The van der Waals surface area contributed by atoms with Gasteiger partial charge in [0.2, 0.25) is 0 Å². The van der Waals surface area contributed by atoms with Crippen molar-refractivity contribution in [1.82, 2.24) is 15.1 Å². The van der Waals surface area contributed by atoms with Gasteiger partial charge in [-0.2, -0.15) is 5.10 Å². The Morgan fingerprint density at radius 1 is 1.44 bits per heavy atom. The number of hydrogen-bond acceptors (Lipinski definition) is 3. The minimum atomic E-state index is -0.783. The first kappa shape index (κ1) is 12.6. The van der Waals surface area contributed by atoms with Crippen LogP contribution in [0.4, 0.5) is 0 Å². The molecule has 1 aromatic rings. The summed E-state index contributed by atoms with van der Waals surface area (Å²) in [5.74, 6) is -0.859. The summed E-state index contributed by atoms with van der Waals surface area (Å²) in [6.07, 6.45) is 2.50. The third-order valence-electron chi connectivity index (χ3n) is 3.73. The van der Waals surface area contributed by atoms with Gasteiger partial charge in [0, 0.05) is 18.8 Å². The molecule has 1 saturated heterocycles. The average Bonchev–Trinajstić information content (AvgIpc) is 2.75. The number of carboxylic acids is 1. The van der Waals surface area contributed by atoms with Gasteiger partial charge in [0.05, 0.1) is 17.2 Å². The summed E-state index contributed by atoms with van der Waals surface area (Å²) in [4.78, 5) is 25.0. The van der Waals surface area contributed by atoms with Crippen molar-refractivity contribution >= 4 is 11.9 Å². The molecule has 1 fully saturated rings. The molecular formula is C12H17N3O3. The van der Waals surface area contributed by atoms with E-state index in [4.69, 9.17) is 5.11 Å². The predicted molar refractivity (Wildman–Crippen MR) is 64.2 cm³/mol. The number of aryl methyl sites for hydroxylation is 1. The largest absolute Gasteiger partial charge is 0.481 e. The zero-order valence-electron chi connectivity index (χ0n) is 10.6. The normalized spacial score (nSPS) is 18.7. The minimum absolute atomic E-state index is 0.0753. The Morgan fingerprint density at radius 2 is 2.06 bits per heavy atom. The van der Waals surface area contributed by atoms with Crippen LogP contribution in [-0.4, -0.2) is 45.2 Å². The van der Waals surface area contributed by atoms with Crippen molar-refractivity contribution in [2.24, 2.45) is 5.41 Å². The lowest BCUT2D eigenvalue weighted by molar-refractivity contribution is -0.150. The Bertz CT molecular complexity index is 473. The molecular weight excluding hydrogens is 234 g/mol. The van der Waals surface area contributed by atoms with Crippen LogP contribution < -0.4 is 0 Å². The Morgan fingerprint density at radius 3 is 2.50 bits per heavy atom. The van der Waals surface area contributed by atoms with Crippen LogP contribution in [-0.2, 0) is 4.79 Å². The Labute approximate surface area is 105 Å². The van der Waals surface area contributed by atoms with E-state index < -0.39 is 11.4 Å². The maximum absolute atomic E-state index is 12.2. The zero-order chi connectivity index (χ0) is 13.3. The third-order valence-corrected chi connectivity index (χ3v) is 3.73. The second-order valence-corrected chi connectivity index (χ2v) is 5.07. The number of carbonyl (C=O) groups excluding carboxylic acids is 1. The van der Waals surface area contributed by atoms with E-state index in [-0.39, 0.29) is 5.91 Å². The summed E-state index contributed by atoms with van der Waals surface area (Å²) in [5, 5.41) is 15.7. The lowest BCUT2D eigenvalue weighted by Gasteiger charge is -2.36. The van der Waals surface area contributed by atoms with Gasteiger partial charge in [-0.15, -0.1) is 0 Å². The number of amides is 1. The van der Waals surface area contributed by atoms with Crippen LogP contribution >= 0.6 is 0 Å². The van der Waals surface area contributed by atoms with Crippen LogP contribution in [0, 0.1) is 12.3 Å². The smallest absolute Gasteiger partial charge is 0.309 e. The molecule has 0 aliphatic carbocycles. The third kappa shape index (κ3) is 2.10. The molecule has 0 atom stereocenters. The van der Waals surface area contributed by atoms with Crippen LogP contribution in [0.25, 0.3) is 0 Å². The monoisotopic (exact) mass is 251 g/mol. The number of hydrogen-bond donors (Lipinski definition) is 2. The van der Waals surface area contributed by atoms with Gasteiger partial charge >= 0.3 is 5.97 Å². The molecule has 18 heavy (non-hydrogen) atoms. The van der Waals surface area contributed by atoms with Crippen molar-refractivity contribution in [3.8, 4) is 0 Å². The van der Waals surface area contributed by atoms with E-state index in [0.717, 1.165) is 5.69 Å². The number of nitrogens with zero attached hydrogens (tertiary/aromatic N) is 2. The number of rotatable bonds is 2. The quantitative estimate of drug-likeness (QED) is 0.822. The SMILES string of the molecule is Cc1[nH]ncc1C(=O)N1CCC(C)(C(=O)O)CC1. The van der Waals surface area contributed by atoms with E-state index in [9.17, 15) is 9.59 Å². The van der Waals surface area contributed by atoms with E-state index in [1.165, 1.54) is 6.20 Å². The highest BCUT2D eigenvalue weighted by Gasteiger charge is 2.38. The number of nitrogens with one attached hydrogen (secondary N) is 1. The van der Waals surface area contributed by atoms with Gasteiger partial charge in [-0.3, -0.25) is 14.7 Å². The number of likely N-dealkylation sites (tertiary alicyclic amines) is 1. The molecule has 1 aliphatic rings. The molecule has 0 radical (unpaired) electrons. The van der Waals surface area contributed by atoms with Crippen molar-refractivity contribution in [2.45, 2.75) is 26.7 Å². The molecule has 1 aromatic heterocycles. The Balaban J connectivity index is 2.05. The predicted octanol–water partition coefficient (Wildman–Crippen LogP) is 1.05. The van der Waals surface area contributed by atoms with Gasteiger partial charge in [-0.05, 0) is 26.7 Å². The van der Waals surface area contributed by atoms with E-state index in [1.54, 1.807) is 18.7 Å². The number of piperidine rings is 1. The highest BCUT2D eigenvalue weighted by Crippen LogP contribution is 2.31. The molecule has 2 rings (SSSR count). The first-order chi connectivity index (χ1) is 8.44. The number of carbonyl (C=O) groups is 2. The van der Waals surface area contributed by atoms with Gasteiger partial charge in [-0.1, -0.05) is 0 Å². The fourth-order valence-electron chi connectivity index (χ4n) is 2.15. The molecule has 2 heterocycles. The molecule has 0 aromatic carbocycles. The van der Waals surface area contributed by atoms with E-state index in [0.29, 0.717) is 31.5 Å². The lowest BCUT2D eigenvalue weighted by atomic mass is 9.80.